The summed E-state index contributed by atoms with van der Waals surface area (Å²) in [6, 6.07) is 0. The first-order valence-electron chi connectivity index (χ1n) is 9.10. The molecule has 2 amide bonds. The lowest BCUT2D eigenvalue weighted by Crippen LogP contribution is -2.39. The number of aryl methyl sites for hydroxylation is 1. The van der Waals surface area contributed by atoms with Crippen LogP contribution in [0.1, 0.15) is 45.3 Å². The quantitative estimate of drug-likeness (QED) is 0.770. The molecule has 2 aromatic heterocycles. The summed E-state index contributed by atoms with van der Waals surface area (Å²) in [5, 5.41) is 0. The van der Waals surface area contributed by atoms with Crippen molar-refractivity contribution in [1.82, 2.24) is 28.1 Å². The molecule has 0 aromatic carbocycles. The summed E-state index contributed by atoms with van der Waals surface area (Å²) in [6.07, 6.45) is 2.29. The Morgan fingerprint density at radius 2 is 1.81 bits per heavy atom. The van der Waals surface area contributed by atoms with E-state index in [1.807, 2.05) is 4.57 Å². The second-order valence-corrected chi connectivity index (χ2v) is 7.47. The van der Waals surface area contributed by atoms with Gasteiger partial charge in [0.25, 0.3) is 11.8 Å². The standard InChI is InChI=1S/C17H21FN6O2S/c1-11-15(21-27-20-11)17(26)23-7-4-14-19-13(10-24(14)9-8-23)16(25)22-5-2-12(18)3-6-22/h10,12H,2-9H2,1H3. The van der Waals surface area contributed by atoms with Crippen molar-refractivity contribution in [3.63, 3.8) is 0 Å². The molecule has 4 heterocycles. The van der Waals surface area contributed by atoms with Gasteiger partial charge in [0.2, 0.25) is 0 Å². The number of rotatable bonds is 2. The largest absolute Gasteiger partial charge is 0.337 e. The van der Waals surface area contributed by atoms with E-state index in [0.29, 0.717) is 69.1 Å². The third kappa shape index (κ3) is 3.58. The summed E-state index contributed by atoms with van der Waals surface area (Å²) in [5.41, 5.74) is 1.46. The van der Waals surface area contributed by atoms with Crippen molar-refractivity contribution in [2.45, 2.75) is 38.9 Å². The SMILES string of the molecule is Cc1nsnc1C(=O)N1CCc2nc(C(=O)N3CCC(F)CC3)cn2CC1. The Balaban J connectivity index is 1.43. The maximum atomic E-state index is 13.3. The fourth-order valence-corrected chi connectivity index (χ4v) is 4.06. The van der Waals surface area contributed by atoms with E-state index in [1.54, 1.807) is 22.9 Å². The molecule has 0 saturated carbocycles. The van der Waals surface area contributed by atoms with Crippen LogP contribution in [0, 0.1) is 6.92 Å². The number of nitrogens with zero attached hydrogens (tertiary/aromatic N) is 6. The number of carbonyl (C=O) groups is 2. The summed E-state index contributed by atoms with van der Waals surface area (Å²) in [7, 11) is 0. The van der Waals surface area contributed by atoms with Crippen LogP contribution in [0.3, 0.4) is 0 Å². The van der Waals surface area contributed by atoms with Crippen LogP contribution in [0.15, 0.2) is 6.20 Å². The van der Waals surface area contributed by atoms with Crippen molar-refractivity contribution >= 4 is 23.5 Å². The number of carbonyl (C=O) groups excluding carboxylic acids is 2. The molecule has 2 aromatic rings. The summed E-state index contributed by atoms with van der Waals surface area (Å²) in [6.45, 7) is 4.28. The molecular formula is C17H21FN6O2S. The monoisotopic (exact) mass is 392 g/mol. The van der Waals surface area contributed by atoms with Gasteiger partial charge in [-0.2, -0.15) is 8.75 Å². The maximum absolute atomic E-state index is 13.3. The first kappa shape index (κ1) is 18.0. The van der Waals surface area contributed by atoms with Gasteiger partial charge >= 0.3 is 0 Å². The Bertz CT molecular complexity index is 832. The van der Waals surface area contributed by atoms with Crippen molar-refractivity contribution in [2.75, 3.05) is 26.2 Å². The molecule has 1 fully saturated rings. The Labute approximate surface area is 160 Å². The molecular weight excluding hydrogens is 371 g/mol. The number of imidazole rings is 1. The van der Waals surface area contributed by atoms with Crippen molar-refractivity contribution in [3.05, 3.63) is 29.1 Å². The Morgan fingerprint density at radius 3 is 2.52 bits per heavy atom. The number of alkyl halides is 1. The number of aromatic nitrogens is 4. The fourth-order valence-electron chi connectivity index (χ4n) is 3.52. The van der Waals surface area contributed by atoms with Crippen LogP contribution in [-0.4, -0.2) is 72.3 Å². The molecule has 0 bridgehead atoms. The molecule has 0 N–H and O–H groups in total. The zero-order valence-corrected chi connectivity index (χ0v) is 15.9. The molecule has 0 aliphatic carbocycles. The van der Waals surface area contributed by atoms with E-state index in [0.717, 1.165) is 17.6 Å². The molecule has 27 heavy (non-hydrogen) atoms. The van der Waals surface area contributed by atoms with Gasteiger partial charge in [0, 0.05) is 45.3 Å². The first-order valence-corrected chi connectivity index (χ1v) is 9.84. The summed E-state index contributed by atoms with van der Waals surface area (Å²) in [4.78, 5) is 33.2. The van der Waals surface area contributed by atoms with Gasteiger partial charge in [-0.3, -0.25) is 9.59 Å². The molecule has 0 atom stereocenters. The van der Waals surface area contributed by atoms with E-state index in [-0.39, 0.29) is 11.8 Å². The van der Waals surface area contributed by atoms with Crippen molar-refractivity contribution in [3.8, 4) is 0 Å². The lowest BCUT2D eigenvalue weighted by molar-refractivity contribution is 0.0659. The fraction of sp³-hybridized carbons (Fsp3) is 0.588. The van der Waals surface area contributed by atoms with Crippen LogP contribution < -0.4 is 0 Å². The minimum absolute atomic E-state index is 0.114. The highest BCUT2D eigenvalue weighted by Gasteiger charge is 2.28. The minimum atomic E-state index is -0.812. The third-order valence-corrected chi connectivity index (χ3v) is 5.77. The van der Waals surface area contributed by atoms with Gasteiger partial charge in [-0.15, -0.1) is 0 Å². The molecule has 0 spiro atoms. The Kier molecular flexibility index (Phi) is 4.90. The number of hydrogen-bond donors (Lipinski definition) is 0. The number of amides is 2. The zero-order chi connectivity index (χ0) is 19.0. The van der Waals surface area contributed by atoms with Gasteiger partial charge in [-0.05, 0) is 19.8 Å². The zero-order valence-electron chi connectivity index (χ0n) is 15.1. The van der Waals surface area contributed by atoms with Gasteiger partial charge in [-0.1, -0.05) is 0 Å². The number of fused-ring (bicyclic) bond motifs is 1. The van der Waals surface area contributed by atoms with Gasteiger partial charge < -0.3 is 14.4 Å². The molecule has 0 radical (unpaired) electrons. The smallest absolute Gasteiger partial charge is 0.275 e. The molecule has 4 rings (SSSR count). The molecule has 0 unspecified atom stereocenters. The molecule has 1 saturated heterocycles. The minimum Gasteiger partial charge on any atom is -0.337 e. The normalized spacial score (nSPS) is 18.3. The van der Waals surface area contributed by atoms with Crippen LogP contribution in [0.4, 0.5) is 4.39 Å². The molecule has 2 aliphatic rings. The van der Waals surface area contributed by atoms with E-state index in [9.17, 15) is 14.0 Å². The third-order valence-electron chi connectivity index (χ3n) is 5.15. The van der Waals surface area contributed by atoms with Gasteiger partial charge in [-0.25, -0.2) is 9.37 Å². The van der Waals surface area contributed by atoms with Crippen LogP contribution >= 0.6 is 11.7 Å². The van der Waals surface area contributed by atoms with Crippen LogP contribution in [0.5, 0.6) is 0 Å². The average molecular weight is 392 g/mol. The van der Waals surface area contributed by atoms with Crippen molar-refractivity contribution in [1.29, 1.82) is 0 Å². The van der Waals surface area contributed by atoms with Gasteiger partial charge in [0.15, 0.2) is 5.69 Å². The maximum Gasteiger partial charge on any atom is 0.275 e. The highest BCUT2D eigenvalue weighted by Crippen LogP contribution is 2.18. The van der Waals surface area contributed by atoms with Crippen molar-refractivity contribution < 1.29 is 14.0 Å². The Morgan fingerprint density at radius 1 is 1.07 bits per heavy atom. The highest BCUT2D eigenvalue weighted by molar-refractivity contribution is 6.99. The molecule has 144 valence electrons. The van der Waals surface area contributed by atoms with E-state index in [2.05, 4.69) is 13.7 Å². The topological polar surface area (TPSA) is 84.2 Å². The highest BCUT2D eigenvalue weighted by atomic mass is 32.1. The van der Waals surface area contributed by atoms with Gasteiger partial charge in [0.1, 0.15) is 17.7 Å². The second kappa shape index (κ2) is 7.34. The first-order chi connectivity index (χ1) is 13.0. The number of likely N-dealkylation sites (tertiary alicyclic amines) is 1. The molecule has 2 aliphatic heterocycles. The van der Waals surface area contributed by atoms with Crippen LogP contribution in [0.2, 0.25) is 0 Å². The predicted octanol–water partition coefficient (Wildman–Crippen LogP) is 1.32. The summed E-state index contributed by atoms with van der Waals surface area (Å²) < 4.78 is 23.4. The lowest BCUT2D eigenvalue weighted by Gasteiger charge is -2.28. The second-order valence-electron chi connectivity index (χ2n) is 6.94. The lowest BCUT2D eigenvalue weighted by atomic mass is 10.1. The van der Waals surface area contributed by atoms with Crippen LogP contribution in [-0.2, 0) is 13.0 Å². The predicted molar refractivity (Wildman–Crippen MR) is 96.5 cm³/mol. The van der Waals surface area contributed by atoms with E-state index >= 15 is 0 Å². The Hall–Kier alpha value is -2.36. The number of hydrogen-bond acceptors (Lipinski definition) is 6. The number of piperidine rings is 1. The summed E-state index contributed by atoms with van der Waals surface area (Å²) in [5.74, 6) is 0.541. The average Bonchev–Trinajstić information content (AvgIpc) is 3.22. The number of halogens is 1. The van der Waals surface area contributed by atoms with E-state index < -0.39 is 6.17 Å². The molecule has 10 heteroatoms. The van der Waals surface area contributed by atoms with Crippen LogP contribution in [0.25, 0.3) is 0 Å². The van der Waals surface area contributed by atoms with E-state index in [4.69, 9.17) is 0 Å². The van der Waals surface area contributed by atoms with Crippen molar-refractivity contribution in [2.24, 2.45) is 0 Å². The summed E-state index contributed by atoms with van der Waals surface area (Å²) >= 11 is 1.04. The van der Waals surface area contributed by atoms with E-state index in [1.165, 1.54) is 0 Å². The molecule has 8 nitrogen and oxygen atoms in total. The van der Waals surface area contributed by atoms with Gasteiger partial charge in [0.05, 0.1) is 17.4 Å².